The molecule has 2 aliphatic rings. The van der Waals surface area contributed by atoms with Crippen molar-refractivity contribution in [2.24, 2.45) is 0 Å². The van der Waals surface area contributed by atoms with E-state index in [0.29, 0.717) is 0 Å². The number of amides is 1. The minimum atomic E-state index is -0.375. The minimum Gasteiger partial charge on any atom is -0.384 e. The van der Waals surface area contributed by atoms with Gasteiger partial charge in [0.15, 0.2) is 0 Å². The van der Waals surface area contributed by atoms with E-state index in [1.807, 2.05) is 48.5 Å². The summed E-state index contributed by atoms with van der Waals surface area (Å²) in [5, 5.41) is 7.67. The largest absolute Gasteiger partial charge is 0.384 e. The number of ether oxygens (including phenoxy) is 1. The number of nitrogens with one attached hydrogen (secondary N) is 2. The molecular formula is C24H26N4O2. The van der Waals surface area contributed by atoms with Crippen LogP contribution in [0.1, 0.15) is 23.6 Å². The molecular weight excluding hydrogens is 376 g/mol. The maximum atomic E-state index is 12.7. The van der Waals surface area contributed by atoms with Gasteiger partial charge in [-0.2, -0.15) is 0 Å². The summed E-state index contributed by atoms with van der Waals surface area (Å²) >= 11 is 0. The van der Waals surface area contributed by atoms with Gasteiger partial charge in [-0.1, -0.05) is 36.4 Å². The Morgan fingerprint density at radius 3 is 2.80 bits per heavy atom. The van der Waals surface area contributed by atoms with Crippen LogP contribution in [0.2, 0.25) is 0 Å². The van der Waals surface area contributed by atoms with Crippen molar-refractivity contribution in [3.63, 3.8) is 0 Å². The van der Waals surface area contributed by atoms with E-state index >= 15 is 0 Å². The maximum Gasteiger partial charge on any atom is 0.238 e. The summed E-state index contributed by atoms with van der Waals surface area (Å²) in [5.41, 5.74) is 4.59. The fourth-order valence-corrected chi connectivity index (χ4v) is 4.34. The SMILES string of the molecule is O=C1Nc2ccccc2C1c1cc(NCCCN2CCOCC2)c2ccccc2n1. The Morgan fingerprint density at radius 2 is 1.90 bits per heavy atom. The smallest absolute Gasteiger partial charge is 0.238 e. The predicted molar refractivity (Wildman–Crippen MR) is 119 cm³/mol. The molecule has 1 atom stereocenters. The van der Waals surface area contributed by atoms with Crippen molar-refractivity contribution in [2.75, 3.05) is 50.0 Å². The van der Waals surface area contributed by atoms with E-state index in [9.17, 15) is 4.79 Å². The Morgan fingerprint density at radius 1 is 1.10 bits per heavy atom. The fourth-order valence-electron chi connectivity index (χ4n) is 4.34. The minimum absolute atomic E-state index is 0.0164. The van der Waals surface area contributed by atoms with Crippen molar-refractivity contribution in [3.05, 3.63) is 65.9 Å². The summed E-state index contributed by atoms with van der Waals surface area (Å²) in [5.74, 6) is -0.392. The van der Waals surface area contributed by atoms with E-state index in [0.717, 1.165) is 79.3 Å². The van der Waals surface area contributed by atoms with E-state index < -0.39 is 0 Å². The van der Waals surface area contributed by atoms with Gasteiger partial charge in [0.25, 0.3) is 0 Å². The molecule has 0 aliphatic carbocycles. The molecule has 3 aromatic rings. The summed E-state index contributed by atoms with van der Waals surface area (Å²) in [7, 11) is 0. The van der Waals surface area contributed by atoms with E-state index in [1.165, 1.54) is 0 Å². The second-order valence-electron chi connectivity index (χ2n) is 7.86. The Bertz CT molecular complexity index is 1060. The van der Waals surface area contributed by atoms with Crippen molar-refractivity contribution in [3.8, 4) is 0 Å². The molecule has 0 radical (unpaired) electrons. The Hall–Kier alpha value is -2.96. The van der Waals surface area contributed by atoms with Crippen LogP contribution in [0.4, 0.5) is 11.4 Å². The van der Waals surface area contributed by atoms with E-state index in [1.54, 1.807) is 0 Å². The van der Waals surface area contributed by atoms with Crippen LogP contribution in [0.15, 0.2) is 54.6 Å². The molecule has 30 heavy (non-hydrogen) atoms. The fraction of sp³-hybridized carbons (Fsp3) is 0.333. The highest BCUT2D eigenvalue weighted by molar-refractivity contribution is 6.05. The molecule has 0 spiro atoms. The summed E-state index contributed by atoms with van der Waals surface area (Å²) in [6.45, 7) is 5.62. The lowest BCUT2D eigenvalue weighted by atomic mass is 9.95. The second kappa shape index (κ2) is 8.42. The number of nitrogens with zero attached hydrogens (tertiary/aromatic N) is 2. The lowest BCUT2D eigenvalue weighted by Gasteiger charge is -2.26. The van der Waals surface area contributed by atoms with Crippen LogP contribution < -0.4 is 10.6 Å². The number of aromatic nitrogens is 1. The monoisotopic (exact) mass is 402 g/mol. The first kappa shape index (κ1) is 19.0. The molecule has 5 rings (SSSR count). The third-order valence-electron chi connectivity index (χ3n) is 5.89. The van der Waals surface area contributed by atoms with Gasteiger partial charge in [0, 0.05) is 36.4 Å². The van der Waals surface area contributed by atoms with E-state index in [-0.39, 0.29) is 11.8 Å². The Kier molecular flexibility index (Phi) is 5.34. The third kappa shape index (κ3) is 3.76. The van der Waals surface area contributed by atoms with Crippen LogP contribution in [0.3, 0.4) is 0 Å². The van der Waals surface area contributed by atoms with Crippen LogP contribution in [-0.2, 0) is 9.53 Å². The molecule has 6 nitrogen and oxygen atoms in total. The third-order valence-corrected chi connectivity index (χ3v) is 5.89. The van der Waals surface area contributed by atoms with E-state index in [4.69, 9.17) is 9.72 Å². The number of hydrogen-bond acceptors (Lipinski definition) is 5. The molecule has 6 heteroatoms. The quantitative estimate of drug-likeness (QED) is 0.618. The molecule has 3 heterocycles. The lowest BCUT2D eigenvalue weighted by molar-refractivity contribution is -0.116. The zero-order valence-electron chi connectivity index (χ0n) is 16.9. The number of para-hydroxylation sites is 2. The number of pyridine rings is 1. The molecule has 2 N–H and O–H groups in total. The molecule has 154 valence electrons. The molecule has 1 unspecified atom stereocenters. The molecule has 0 bridgehead atoms. The topological polar surface area (TPSA) is 66.5 Å². The molecule has 1 fully saturated rings. The van der Waals surface area contributed by atoms with Crippen LogP contribution in [0.25, 0.3) is 10.9 Å². The molecule has 0 saturated carbocycles. The average molecular weight is 402 g/mol. The number of rotatable bonds is 6. The molecule has 2 aliphatic heterocycles. The van der Waals surface area contributed by atoms with Gasteiger partial charge in [0.2, 0.25) is 5.91 Å². The highest BCUT2D eigenvalue weighted by atomic mass is 16.5. The van der Waals surface area contributed by atoms with Gasteiger partial charge < -0.3 is 15.4 Å². The number of carbonyl (C=O) groups is 1. The summed E-state index contributed by atoms with van der Waals surface area (Å²) < 4.78 is 5.42. The van der Waals surface area contributed by atoms with Gasteiger partial charge in [-0.25, -0.2) is 0 Å². The number of morpholine rings is 1. The van der Waals surface area contributed by atoms with Gasteiger partial charge in [-0.15, -0.1) is 0 Å². The van der Waals surface area contributed by atoms with Crippen molar-refractivity contribution in [1.82, 2.24) is 9.88 Å². The number of anilines is 2. The summed E-state index contributed by atoms with van der Waals surface area (Å²) in [6, 6.07) is 18.0. The van der Waals surface area contributed by atoms with Crippen molar-refractivity contribution in [2.45, 2.75) is 12.3 Å². The van der Waals surface area contributed by atoms with Gasteiger partial charge >= 0.3 is 0 Å². The van der Waals surface area contributed by atoms with Crippen molar-refractivity contribution < 1.29 is 9.53 Å². The molecule has 1 saturated heterocycles. The van der Waals surface area contributed by atoms with Crippen molar-refractivity contribution in [1.29, 1.82) is 0 Å². The first-order valence-corrected chi connectivity index (χ1v) is 10.6. The highest BCUT2D eigenvalue weighted by Crippen LogP contribution is 2.38. The number of carbonyl (C=O) groups excluding carboxylic acids is 1. The standard InChI is InChI=1S/C24H26N4O2/c29-24-23(18-7-2-4-9-20(18)27-24)22-16-21(17-6-1-3-8-19(17)26-22)25-10-5-11-28-12-14-30-15-13-28/h1-4,6-9,16,23H,5,10-15H2,(H,25,26)(H,27,29). The van der Waals surface area contributed by atoms with Crippen LogP contribution in [0.5, 0.6) is 0 Å². The first-order chi connectivity index (χ1) is 14.8. The lowest BCUT2D eigenvalue weighted by Crippen LogP contribution is -2.37. The second-order valence-corrected chi connectivity index (χ2v) is 7.86. The highest BCUT2D eigenvalue weighted by Gasteiger charge is 2.33. The average Bonchev–Trinajstić information content (AvgIpc) is 3.13. The van der Waals surface area contributed by atoms with Crippen LogP contribution in [-0.4, -0.2) is 55.2 Å². The van der Waals surface area contributed by atoms with Crippen molar-refractivity contribution >= 4 is 28.2 Å². The van der Waals surface area contributed by atoms with Gasteiger partial charge in [-0.3, -0.25) is 14.7 Å². The van der Waals surface area contributed by atoms with Crippen LogP contribution >= 0.6 is 0 Å². The molecule has 1 amide bonds. The number of hydrogen-bond donors (Lipinski definition) is 2. The van der Waals surface area contributed by atoms with Gasteiger partial charge in [0.1, 0.15) is 5.92 Å². The predicted octanol–water partition coefficient (Wildman–Crippen LogP) is 3.45. The summed E-state index contributed by atoms with van der Waals surface area (Å²) in [4.78, 5) is 20.0. The van der Waals surface area contributed by atoms with Gasteiger partial charge in [-0.05, 0) is 36.7 Å². The zero-order chi connectivity index (χ0) is 20.3. The van der Waals surface area contributed by atoms with E-state index in [2.05, 4.69) is 21.6 Å². The van der Waals surface area contributed by atoms with Crippen LogP contribution in [0, 0.1) is 0 Å². The zero-order valence-corrected chi connectivity index (χ0v) is 16.9. The Labute approximate surface area is 176 Å². The Balaban J connectivity index is 1.39. The summed E-state index contributed by atoms with van der Waals surface area (Å²) in [6.07, 6.45) is 1.05. The first-order valence-electron chi connectivity index (χ1n) is 10.6. The molecule has 1 aromatic heterocycles. The number of benzene rings is 2. The molecule has 2 aromatic carbocycles. The van der Waals surface area contributed by atoms with Gasteiger partial charge in [0.05, 0.1) is 24.4 Å². The number of fused-ring (bicyclic) bond motifs is 2. The normalized spacial score (nSPS) is 18.9. The maximum absolute atomic E-state index is 12.7.